The Balaban J connectivity index is 0.000000209. The molecule has 3 heterocycles. The highest BCUT2D eigenvalue weighted by Crippen LogP contribution is 2.33. The molecule has 3 aromatic rings. The SMILES string of the molecule is CCN(CC)CC(=O)Nc1c(C)cccc1C.OC[C@H]1O[C@@H](n2cnc3c(NC4CCCC4)nc(Cl)nc32)[C@H](O)[C@@H]1O. The largest absolute Gasteiger partial charge is 0.394 e. The van der Waals surface area contributed by atoms with Gasteiger partial charge in [0, 0.05) is 11.7 Å². The summed E-state index contributed by atoms with van der Waals surface area (Å²) in [7, 11) is 0. The molecule has 2 aromatic heterocycles. The Hall–Kier alpha value is -2.87. The summed E-state index contributed by atoms with van der Waals surface area (Å²) in [5.41, 5.74) is 4.09. The van der Waals surface area contributed by atoms with E-state index in [-0.39, 0.29) is 11.2 Å². The van der Waals surface area contributed by atoms with Crippen molar-refractivity contribution in [1.29, 1.82) is 0 Å². The molecule has 1 aliphatic heterocycles. The Morgan fingerprint density at radius 1 is 1.12 bits per heavy atom. The fraction of sp³-hybridized carbons (Fsp3) is 0.586. The molecule has 230 valence electrons. The zero-order valence-electron chi connectivity index (χ0n) is 24.6. The Bertz CT molecular complexity index is 1330. The molecular weight excluding hydrogens is 562 g/mol. The maximum atomic E-state index is 11.9. The molecule has 0 unspecified atom stereocenters. The summed E-state index contributed by atoms with van der Waals surface area (Å²) >= 11 is 6.07. The van der Waals surface area contributed by atoms with Crippen LogP contribution in [-0.4, -0.2) is 96.2 Å². The molecule has 2 aliphatic rings. The Morgan fingerprint density at radius 2 is 1.79 bits per heavy atom. The Labute approximate surface area is 251 Å². The third-order valence-corrected chi connectivity index (χ3v) is 8.06. The summed E-state index contributed by atoms with van der Waals surface area (Å²) in [6.45, 7) is 10.0. The first-order valence-corrected chi connectivity index (χ1v) is 14.9. The van der Waals surface area contributed by atoms with Gasteiger partial charge in [0.1, 0.15) is 18.3 Å². The number of aryl methyl sites for hydroxylation is 2. The van der Waals surface area contributed by atoms with E-state index in [9.17, 15) is 20.1 Å². The number of aliphatic hydroxyl groups is 3. The number of hydrogen-bond donors (Lipinski definition) is 5. The van der Waals surface area contributed by atoms with E-state index < -0.39 is 31.1 Å². The lowest BCUT2D eigenvalue weighted by molar-refractivity contribution is -0.117. The van der Waals surface area contributed by atoms with E-state index in [1.165, 1.54) is 23.7 Å². The van der Waals surface area contributed by atoms with E-state index in [1.54, 1.807) is 0 Å². The maximum absolute atomic E-state index is 11.9. The Kier molecular flexibility index (Phi) is 11.1. The summed E-state index contributed by atoms with van der Waals surface area (Å²) in [5.74, 6) is 0.610. The van der Waals surface area contributed by atoms with Crippen molar-refractivity contribution in [2.45, 2.75) is 84.0 Å². The number of ether oxygens (including phenoxy) is 1. The third kappa shape index (κ3) is 7.36. The minimum Gasteiger partial charge on any atom is -0.394 e. The molecule has 42 heavy (non-hydrogen) atoms. The minimum atomic E-state index is -1.21. The second-order valence-electron chi connectivity index (χ2n) is 10.8. The van der Waals surface area contributed by atoms with E-state index >= 15 is 0 Å². The summed E-state index contributed by atoms with van der Waals surface area (Å²) < 4.78 is 7.06. The van der Waals surface area contributed by atoms with Gasteiger partial charge in [0.25, 0.3) is 0 Å². The third-order valence-electron chi connectivity index (χ3n) is 7.89. The van der Waals surface area contributed by atoms with Gasteiger partial charge < -0.3 is 30.7 Å². The zero-order valence-corrected chi connectivity index (χ0v) is 25.4. The second kappa shape index (κ2) is 14.5. The fourth-order valence-electron chi connectivity index (χ4n) is 5.39. The molecule has 5 rings (SSSR count). The molecule has 5 N–H and O–H groups in total. The fourth-order valence-corrected chi connectivity index (χ4v) is 5.56. The van der Waals surface area contributed by atoms with Crippen LogP contribution >= 0.6 is 11.6 Å². The molecular formula is C29H42ClN7O5. The lowest BCUT2D eigenvalue weighted by atomic mass is 10.1. The molecule has 2 fully saturated rings. The van der Waals surface area contributed by atoms with Gasteiger partial charge in [-0.2, -0.15) is 9.97 Å². The van der Waals surface area contributed by atoms with Crippen LogP contribution in [0, 0.1) is 13.8 Å². The highest BCUT2D eigenvalue weighted by atomic mass is 35.5. The van der Waals surface area contributed by atoms with E-state index in [1.807, 2.05) is 32.0 Å². The standard InChI is InChI=1S/C15H20ClN5O4.C14H22N2O/c16-15-19-12(18-7-3-1-2-4-7)9-13(20-15)21(6-17-9)14-11(24)10(23)8(5-22)25-14;1-5-16(6-2)10-13(17)15-14-11(3)8-7-9-12(14)4/h6-8,10-11,14,22-24H,1-5H2,(H,18,19,20);7-9H,5-6,10H2,1-4H3,(H,15,17)/t8-,10-,11-,14-;/m1./s1. The summed E-state index contributed by atoms with van der Waals surface area (Å²) in [5, 5.41) is 35.9. The molecule has 0 radical (unpaired) electrons. The number of nitrogens with zero attached hydrogens (tertiary/aromatic N) is 5. The molecule has 1 saturated carbocycles. The number of nitrogens with one attached hydrogen (secondary N) is 2. The molecule has 1 saturated heterocycles. The van der Waals surface area contributed by atoms with Crippen LogP contribution in [0.25, 0.3) is 11.2 Å². The lowest BCUT2D eigenvalue weighted by Crippen LogP contribution is -2.33. The quantitative estimate of drug-likeness (QED) is 0.230. The molecule has 12 nitrogen and oxygen atoms in total. The van der Waals surface area contributed by atoms with E-state index in [0.29, 0.717) is 29.6 Å². The van der Waals surface area contributed by atoms with Crippen LogP contribution < -0.4 is 10.6 Å². The number of anilines is 2. The van der Waals surface area contributed by atoms with Crippen LogP contribution in [0.5, 0.6) is 0 Å². The maximum Gasteiger partial charge on any atom is 0.238 e. The number of carbonyl (C=O) groups is 1. The highest BCUT2D eigenvalue weighted by molar-refractivity contribution is 6.28. The van der Waals surface area contributed by atoms with Crippen molar-refractivity contribution in [1.82, 2.24) is 24.4 Å². The topological polar surface area (TPSA) is 158 Å². The molecule has 1 aromatic carbocycles. The van der Waals surface area contributed by atoms with E-state index in [2.05, 4.69) is 44.3 Å². The number of fused-ring (bicyclic) bond motifs is 1. The highest BCUT2D eigenvalue weighted by Gasteiger charge is 2.44. The van der Waals surface area contributed by atoms with Crippen molar-refractivity contribution in [2.24, 2.45) is 0 Å². The normalized spacial score (nSPS) is 22.4. The number of halogens is 1. The number of amides is 1. The van der Waals surface area contributed by atoms with Gasteiger partial charge in [-0.05, 0) is 62.5 Å². The van der Waals surface area contributed by atoms with Crippen LogP contribution in [0.4, 0.5) is 11.5 Å². The van der Waals surface area contributed by atoms with Gasteiger partial charge in [-0.25, -0.2) is 4.98 Å². The lowest BCUT2D eigenvalue weighted by Gasteiger charge is -2.18. The number of imidazole rings is 1. The first kappa shape index (κ1) is 32.1. The van der Waals surface area contributed by atoms with Gasteiger partial charge in [-0.1, -0.05) is 44.9 Å². The minimum absolute atomic E-state index is 0.0569. The zero-order chi connectivity index (χ0) is 30.4. The predicted molar refractivity (Wildman–Crippen MR) is 162 cm³/mol. The second-order valence-corrected chi connectivity index (χ2v) is 11.1. The van der Waals surface area contributed by atoms with Crippen molar-refractivity contribution < 1.29 is 24.9 Å². The smallest absolute Gasteiger partial charge is 0.238 e. The van der Waals surface area contributed by atoms with Crippen LogP contribution in [0.3, 0.4) is 0 Å². The monoisotopic (exact) mass is 603 g/mol. The van der Waals surface area contributed by atoms with Crippen molar-refractivity contribution in [3.63, 3.8) is 0 Å². The van der Waals surface area contributed by atoms with Gasteiger partial charge in [0.15, 0.2) is 23.2 Å². The molecule has 4 atom stereocenters. The van der Waals surface area contributed by atoms with Crippen molar-refractivity contribution in [3.05, 3.63) is 40.9 Å². The summed E-state index contributed by atoms with van der Waals surface area (Å²) in [6.07, 6.45) is 1.77. The number of carbonyl (C=O) groups excluding carboxylic acids is 1. The predicted octanol–water partition coefficient (Wildman–Crippen LogP) is 3.03. The summed E-state index contributed by atoms with van der Waals surface area (Å²) in [6, 6.07) is 6.36. The van der Waals surface area contributed by atoms with Gasteiger partial charge in [0.2, 0.25) is 11.2 Å². The van der Waals surface area contributed by atoms with Crippen LogP contribution in [-0.2, 0) is 9.53 Å². The van der Waals surface area contributed by atoms with Gasteiger partial charge in [0.05, 0.1) is 19.5 Å². The number of benzene rings is 1. The van der Waals surface area contributed by atoms with E-state index in [4.69, 9.17) is 16.3 Å². The van der Waals surface area contributed by atoms with Gasteiger partial charge in [-0.15, -0.1) is 0 Å². The van der Waals surface area contributed by atoms with Crippen molar-refractivity contribution >= 4 is 40.2 Å². The van der Waals surface area contributed by atoms with Crippen LogP contribution in [0.1, 0.15) is 56.9 Å². The molecule has 0 bridgehead atoms. The summed E-state index contributed by atoms with van der Waals surface area (Å²) in [4.78, 5) is 26.8. The molecule has 1 aliphatic carbocycles. The molecule has 13 heteroatoms. The number of aromatic nitrogens is 4. The van der Waals surface area contributed by atoms with Crippen molar-refractivity contribution in [3.8, 4) is 0 Å². The number of rotatable bonds is 9. The van der Waals surface area contributed by atoms with Gasteiger partial charge in [-0.3, -0.25) is 14.3 Å². The number of para-hydroxylation sites is 1. The van der Waals surface area contributed by atoms with Crippen molar-refractivity contribution in [2.75, 3.05) is 36.9 Å². The number of hydrogen-bond acceptors (Lipinski definition) is 10. The molecule has 1 amide bonds. The average molecular weight is 604 g/mol. The first-order chi connectivity index (χ1) is 20.2. The molecule has 0 spiro atoms. The van der Waals surface area contributed by atoms with Crippen LogP contribution in [0.15, 0.2) is 24.5 Å². The van der Waals surface area contributed by atoms with Crippen LogP contribution in [0.2, 0.25) is 5.28 Å². The van der Waals surface area contributed by atoms with Gasteiger partial charge >= 0.3 is 0 Å². The van der Waals surface area contributed by atoms with E-state index in [0.717, 1.165) is 42.7 Å². The Morgan fingerprint density at radius 3 is 2.38 bits per heavy atom. The first-order valence-electron chi connectivity index (χ1n) is 14.5. The number of likely N-dealkylation sites (N-methyl/N-ethyl adjacent to an activating group) is 1. The average Bonchev–Trinajstić information content (AvgIpc) is 3.70. The number of aliphatic hydroxyl groups excluding tert-OH is 3.